The summed E-state index contributed by atoms with van der Waals surface area (Å²) in [6.45, 7) is 7.04. The molecular formula is C13H26N2O. The molecule has 1 fully saturated rings. The SMILES string of the molecule is CCC(CN)C(=O)NC1CCCC(C)(C)C1. The second-order valence-corrected chi connectivity index (χ2v) is 5.81. The van der Waals surface area contributed by atoms with Crippen LogP contribution >= 0.6 is 0 Å². The third kappa shape index (κ3) is 3.78. The molecule has 0 radical (unpaired) electrons. The largest absolute Gasteiger partial charge is 0.353 e. The Morgan fingerprint density at radius 3 is 2.75 bits per heavy atom. The fraction of sp³-hybridized carbons (Fsp3) is 0.923. The van der Waals surface area contributed by atoms with Crippen molar-refractivity contribution in [3.05, 3.63) is 0 Å². The highest BCUT2D eigenvalue weighted by atomic mass is 16.1. The first-order valence-corrected chi connectivity index (χ1v) is 6.49. The van der Waals surface area contributed by atoms with Crippen molar-refractivity contribution in [3.63, 3.8) is 0 Å². The Morgan fingerprint density at radius 2 is 2.25 bits per heavy atom. The van der Waals surface area contributed by atoms with Crippen LogP contribution in [-0.4, -0.2) is 18.5 Å². The summed E-state index contributed by atoms with van der Waals surface area (Å²) >= 11 is 0. The summed E-state index contributed by atoms with van der Waals surface area (Å²) in [4.78, 5) is 11.9. The van der Waals surface area contributed by atoms with Gasteiger partial charge in [0.05, 0.1) is 0 Å². The van der Waals surface area contributed by atoms with Gasteiger partial charge in [0.15, 0.2) is 0 Å². The van der Waals surface area contributed by atoms with Crippen LogP contribution < -0.4 is 11.1 Å². The fourth-order valence-corrected chi connectivity index (χ4v) is 2.60. The number of rotatable bonds is 4. The first-order chi connectivity index (χ1) is 7.48. The lowest BCUT2D eigenvalue weighted by atomic mass is 9.75. The lowest BCUT2D eigenvalue weighted by molar-refractivity contribution is -0.126. The Balaban J connectivity index is 2.44. The highest BCUT2D eigenvalue weighted by Crippen LogP contribution is 2.35. The normalized spacial score (nSPS) is 26.1. The lowest BCUT2D eigenvalue weighted by Gasteiger charge is -2.36. The second-order valence-electron chi connectivity index (χ2n) is 5.81. The zero-order chi connectivity index (χ0) is 12.2. The third-order valence-corrected chi connectivity index (χ3v) is 3.70. The Morgan fingerprint density at radius 1 is 1.56 bits per heavy atom. The maximum Gasteiger partial charge on any atom is 0.224 e. The van der Waals surface area contributed by atoms with Crippen molar-refractivity contribution in [2.45, 2.75) is 58.9 Å². The van der Waals surface area contributed by atoms with Crippen molar-refractivity contribution in [2.24, 2.45) is 17.1 Å². The van der Waals surface area contributed by atoms with E-state index >= 15 is 0 Å². The number of nitrogens with two attached hydrogens (primary N) is 1. The van der Waals surface area contributed by atoms with Crippen molar-refractivity contribution in [1.82, 2.24) is 5.32 Å². The second kappa shape index (κ2) is 5.67. The summed E-state index contributed by atoms with van der Waals surface area (Å²) in [5, 5.41) is 3.16. The molecule has 16 heavy (non-hydrogen) atoms. The highest BCUT2D eigenvalue weighted by molar-refractivity contribution is 5.79. The van der Waals surface area contributed by atoms with E-state index in [2.05, 4.69) is 19.2 Å². The van der Waals surface area contributed by atoms with E-state index in [1.54, 1.807) is 0 Å². The van der Waals surface area contributed by atoms with Crippen molar-refractivity contribution in [2.75, 3.05) is 6.54 Å². The molecule has 1 rings (SSSR count). The van der Waals surface area contributed by atoms with E-state index in [-0.39, 0.29) is 11.8 Å². The lowest BCUT2D eigenvalue weighted by Crippen LogP contribution is -2.44. The first-order valence-electron chi connectivity index (χ1n) is 6.49. The van der Waals surface area contributed by atoms with Gasteiger partial charge >= 0.3 is 0 Å². The predicted octanol–water partition coefficient (Wildman–Crippen LogP) is 2.06. The summed E-state index contributed by atoms with van der Waals surface area (Å²) in [5.74, 6) is 0.137. The maximum atomic E-state index is 11.9. The molecule has 0 aromatic carbocycles. The van der Waals surface area contributed by atoms with Crippen molar-refractivity contribution in [1.29, 1.82) is 0 Å². The van der Waals surface area contributed by atoms with Gasteiger partial charge in [0.1, 0.15) is 0 Å². The topological polar surface area (TPSA) is 55.1 Å². The monoisotopic (exact) mass is 226 g/mol. The smallest absolute Gasteiger partial charge is 0.224 e. The van der Waals surface area contributed by atoms with Gasteiger partial charge in [-0.2, -0.15) is 0 Å². The molecule has 0 aromatic rings. The molecule has 1 aliphatic rings. The average molecular weight is 226 g/mol. The molecule has 0 aromatic heterocycles. The molecule has 1 amide bonds. The van der Waals surface area contributed by atoms with Gasteiger partial charge in [-0.15, -0.1) is 0 Å². The molecule has 1 aliphatic carbocycles. The van der Waals surface area contributed by atoms with Crippen LogP contribution in [-0.2, 0) is 4.79 Å². The third-order valence-electron chi connectivity index (χ3n) is 3.70. The van der Waals surface area contributed by atoms with Crippen LogP contribution in [0.25, 0.3) is 0 Å². The molecule has 0 heterocycles. The van der Waals surface area contributed by atoms with Crippen LogP contribution in [0.2, 0.25) is 0 Å². The Hall–Kier alpha value is -0.570. The molecule has 0 saturated heterocycles. The molecule has 0 aliphatic heterocycles. The molecule has 3 heteroatoms. The molecule has 94 valence electrons. The van der Waals surface area contributed by atoms with Gasteiger partial charge in [0.25, 0.3) is 0 Å². The zero-order valence-corrected chi connectivity index (χ0v) is 10.9. The van der Waals surface area contributed by atoms with Crippen LogP contribution in [0, 0.1) is 11.3 Å². The van der Waals surface area contributed by atoms with Gasteiger partial charge in [-0.1, -0.05) is 27.2 Å². The summed E-state index contributed by atoms with van der Waals surface area (Å²) < 4.78 is 0. The molecule has 3 N–H and O–H groups in total. The van der Waals surface area contributed by atoms with E-state index in [1.807, 2.05) is 6.92 Å². The number of carbonyl (C=O) groups excluding carboxylic acids is 1. The van der Waals surface area contributed by atoms with Crippen molar-refractivity contribution in [3.8, 4) is 0 Å². The summed E-state index contributed by atoms with van der Waals surface area (Å²) in [5.41, 5.74) is 5.96. The van der Waals surface area contributed by atoms with E-state index in [4.69, 9.17) is 5.73 Å². The van der Waals surface area contributed by atoms with Gasteiger partial charge < -0.3 is 11.1 Å². The Labute approximate surface area is 99.2 Å². The first kappa shape index (κ1) is 13.5. The van der Waals surface area contributed by atoms with Crippen LogP contribution in [0.1, 0.15) is 52.9 Å². The predicted molar refractivity (Wildman–Crippen MR) is 67.0 cm³/mol. The van der Waals surface area contributed by atoms with Gasteiger partial charge in [0, 0.05) is 18.5 Å². The van der Waals surface area contributed by atoms with E-state index in [1.165, 1.54) is 12.8 Å². The number of nitrogens with one attached hydrogen (secondary N) is 1. The summed E-state index contributed by atoms with van der Waals surface area (Å²) in [7, 11) is 0. The number of carbonyl (C=O) groups is 1. The van der Waals surface area contributed by atoms with Crippen LogP contribution in [0.3, 0.4) is 0 Å². The zero-order valence-electron chi connectivity index (χ0n) is 10.9. The number of hydrogen-bond acceptors (Lipinski definition) is 2. The van der Waals surface area contributed by atoms with Crippen LogP contribution in [0.15, 0.2) is 0 Å². The minimum absolute atomic E-state index is 0.00922. The maximum absolute atomic E-state index is 11.9. The van der Waals surface area contributed by atoms with Crippen molar-refractivity contribution < 1.29 is 4.79 Å². The highest BCUT2D eigenvalue weighted by Gasteiger charge is 2.29. The van der Waals surface area contributed by atoms with Crippen molar-refractivity contribution >= 4 is 5.91 Å². The number of amides is 1. The van der Waals surface area contributed by atoms with Crippen LogP contribution in [0.5, 0.6) is 0 Å². The molecule has 1 saturated carbocycles. The quantitative estimate of drug-likeness (QED) is 0.771. The number of hydrogen-bond donors (Lipinski definition) is 2. The molecule has 2 unspecified atom stereocenters. The summed E-state index contributed by atoms with van der Waals surface area (Å²) in [6, 6.07) is 0.358. The molecule has 0 bridgehead atoms. The van der Waals surface area contributed by atoms with E-state index in [9.17, 15) is 4.79 Å². The van der Waals surface area contributed by atoms with E-state index < -0.39 is 0 Å². The average Bonchev–Trinajstić information content (AvgIpc) is 2.17. The Kier molecular flexibility index (Phi) is 4.78. The minimum Gasteiger partial charge on any atom is -0.353 e. The van der Waals surface area contributed by atoms with Gasteiger partial charge in [0.2, 0.25) is 5.91 Å². The van der Waals surface area contributed by atoms with E-state index in [0.29, 0.717) is 18.0 Å². The van der Waals surface area contributed by atoms with Gasteiger partial charge in [-0.05, 0) is 31.1 Å². The fourth-order valence-electron chi connectivity index (χ4n) is 2.60. The molecule has 0 spiro atoms. The van der Waals surface area contributed by atoms with Gasteiger partial charge in [-0.25, -0.2) is 0 Å². The summed E-state index contributed by atoms with van der Waals surface area (Å²) in [6.07, 6.45) is 5.54. The Bertz CT molecular complexity index is 234. The molecular weight excluding hydrogens is 200 g/mol. The standard InChI is InChI=1S/C13H26N2O/c1-4-10(9-14)12(16)15-11-6-5-7-13(2,3)8-11/h10-11H,4-9,14H2,1-3H3,(H,15,16). The molecule has 3 nitrogen and oxygen atoms in total. The van der Waals surface area contributed by atoms with Gasteiger partial charge in [-0.3, -0.25) is 4.79 Å². The van der Waals surface area contributed by atoms with Crippen LogP contribution in [0.4, 0.5) is 0 Å². The van der Waals surface area contributed by atoms with E-state index in [0.717, 1.165) is 19.3 Å². The minimum atomic E-state index is -0.00922. The molecule has 2 atom stereocenters.